The highest BCUT2D eigenvalue weighted by Gasteiger charge is 2.26. The van der Waals surface area contributed by atoms with E-state index in [0.29, 0.717) is 13.0 Å². The normalized spacial score (nSPS) is 11.7. The summed E-state index contributed by atoms with van der Waals surface area (Å²) in [5.74, 6) is -1.14. The van der Waals surface area contributed by atoms with E-state index < -0.39 is 11.9 Å². The number of benzene rings is 2. The minimum absolute atomic E-state index is 0.146. The molecule has 0 bridgehead atoms. The van der Waals surface area contributed by atoms with Crippen LogP contribution in [-0.4, -0.2) is 36.3 Å². The molecule has 0 radical (unpaired) electrons. The lowest BCUT2D eigenvalue weighted by atomic mass is 10.1. The molecule has 0 aliphatic heterocycles. The maximum atomic E-state index is 14.0. The number of nitrogens with one attached hydrogen (secondary N) is 1. The molecule has 0 saturated heterocycles. The van der Waals surface area contributed by atoms with Gasteiger partial charge in [0.25, 0.3) is 0 Å². The van der Waals surface area contributed by atoms with E-state index in [2.05, 4.69) is 5.32 Å². The number of hydrogen-bond acceptors (Lipinski definition) is 2. The zero-order valence-corrected chi connectivity index (χ0v) is 15.6. The van der Waals surface area contributed by atoms with Crippen molar-refractivity contribution in [1.82, 2.24) is 10.2 Å². The van der Waals surface area contributed by atoms with Gasteiger partial charge in [0, 0.05) is 24.2 Å². The van der Waals surface area contributed by atoms with Crippen LogP contribution in [0.5, 0.6) is 0 Å². The van der Waals surface area contributed by atoms with Crippen LogP contribution in [-0.2, 0) is 22.4 Å². The van der Waals surface area contributed by atoms with Crippen molar-refractivity contribution in [2.75, 3.05) is 13.6 Å². The summed E-state index contributed by atoms with van der Waals surface area (Å²) in [5.41, 5.74) is 1.20. The third-order valence-corrected chi connectivity index (χ3v) is 4.64. The van der Waals surface area contributed by atoms with Crippen LogP contribution in [0.15, 0.2) is 48.5 Å². The Morgan fingerprint density at radius 1 is 1.15 bits per heavy atom. The quantitative estimate of drug-likeness (QED) is 0.806. The third kappa shape index (κ3) is 5.05. The van der Waals surface area contributed by atoms with E-state index in [9.17, 15) is 14.0 Å². The van der Waals surface area contributed by atoms with E-state index in [1.165, 1.54) is 24.1 Å². The zero-order chi connectivity index (χ0) is 19.1. The van der Waals surface area contributed by atoms with Gasteiger partial charge in [-0.25, -0.2) is 4.39 Å². The van der Waals surface area contributed by atoms with Crippen molar-refractivity contribution in [3.05, 3.63) is 70.5 Å². The molecule has 0 heterocycles. The summed E-state index contributed by atoms with van der Waals surface area (Å²) in [5, 5.41) is 2.75. The summed E-state index contributed by atoms with van der Waals surface area (Å²) in [6, 6.07) is 13.3. The third-order valence-electron chi connectivity index (χ3n) is 4.29. The van der Waals surface area contributed by atoms with Gasteiger partial charge in [-0.05, 0) is 31.0 Å². The number of rotatable bonds is 7. The molecule has 2 amide bonds. The Hall–Kier alpha value is -2.40. The van der Waals surface area contributed by atoms with E-state index >= 15 is 0 Å². The highest BCUT2D eigenvalue weighted by molar-refractivity contribution is 6.31. The van der Waals surface area contributed by atoms with Gasteiger partial charge in [0.1, 0.15) is 11.9 Å². The van der Waals surface area contributed by atoms with Crippen molar-refractivity contribution < 1.29 is 14.0 Å². The molecule has 138 valence electrons. The van der Waals surface area contributed by atoms with E-state index in [0.717, 1.165) is 5.56 Å². The fourth-order valence-corrected chi connectivity index (χ4v) is 2.96. The van der Waals surface area contributed by atoms with Crippen LogP contribution in [0.3, 0.4) is 0 Å². The maximum Gasteiger partial charge on any atom is 0.242 e. The van der Waals surface area contributed by atoms with Gasteiger partial charge in [-0.15, -0.1) is 0 Å². The topological polar surface area (TPSA) is 49.4 Å². The zero-order valence-electron chi connectivity index (χ0n) is 14.8. The Balaban J connectivity index is 2.19. The SMILES string of the molecule is CNC(=O)[C@@H](C)N(CCc1ccccc1)C(=O)Cc1c(F)cccc1Cl. The van der Waals surface area contributed by atoms with Gasteiger partial charge in [0.05, 0.1) is 6.42 Å². The summed E-state index contributed by atoms with van der Waals surface area (Å²) in [4.78, 5) is 26.3. The average Bonchev–Trinajstić information content (AvgIpc) is 2.65. The highest BCUT2D eigenvalue weighted by Crippen LogP contribution is 2.21. The largest absolute Gasteiger partial charge is 0.357 e. The van der Waals surface area contributed by atoms with Gasteiger partial charge in [-0.1, -0.05) is 48.0 Å². The van der Waals surface area contributed by atoms with E-state index in [4.69, 9.17) is 11.6 Å². The highest BCUT2D eigenvalue weighted by atomic mass is 35.5. The Morgan fingerprint density at radius 2 is 1.85 bits per heavy atom. The lowest BCUT2D eigenvalue weighted by molar-refractivity contribution is -0.139. The molecule has 1 N–H and O–H groups in total. The molecule has 2 aromatic rings. The van der Waals surface area contributed by atoms with Gasteiger partial charge in [0.2, 0.25) is 11.8 Å². The summed E-state index contributed by atoms with van der Waals surface area (Å²) in [6.45, 7) is 2.01. The lowest BCUT2D eigenvalue weighted by Crippen LogP contribution is -2.48. The van der Waals surface area contributed by atoms with Crippen LogP contribution < -0.4 is 5.32 Å². The molecule has 6 heteroatoms. The van der Waals surface area contributed by atoms with Crippen LogP contribution in [0.2, 0.25) is 5.02 Å². The van der Waals surface area contributed by atoms with Gasteiger partial charge < -0.3 is 10.2 Å². The molecule has 0 aliphatic rings. The number of likely N-dealkylation sites (N-methyl/N-ethyl adjacent to an activating group) is 1. The number of carbonyl (C=O) groups is 2. The molecule has 0 unspecified atom stereocenters. The molecule has 0 fully saturated rings. The Labute approximate surface area is 158 Å². The first kappa shape index (κ1) is 19.9. The van der Waals surface area contributed by atoms with Crippen LogP contribution in [0.25, 0.3) is 0 Å². The van der Waals surface area contributed by atoms with Crippen molar-refractivity contribution in [2.45, 2.75) is 25.8 Å². The molecule has 1 atom stereocenters. The molecule has 0 spiro atoms. The summed E-state index contributed by atoms with van der Waals surface area (Å²) in [7, 11) is 1.52. The Bertz CT molecular complexity index is 747. The second kappa shape index (κ2) is 9.34. The minimum Gasteiger partial charge on any atom is -0.357 e. The first-order valence-electron chi connectivity index (χ1n) is 8.42. The number of halogens is 2. The molecule has 0 aromatic heterocycles. The van der Waals surface area contributed by atoms with Gasteiger partial charge >= 0.3 is 0 Å². The Morgan fingerprint density at radius 3 is 2.46 bits per heavy atom. The second-order valence-corrected chi connectivity index (χ2v) is 6.40. The van der Waals surface area contributed by atoms with Crippen LogP contribution in [0.4, 0.5) is 4.39 Å². The van der Waals surface area contributed by atoms with E-state index in [1.807, 2.05) is 30.3 Å². The fourth-order valence-electron chi connectivity index (χ4n) is 2.73. The second-order valence-electron chi connectivity index (χ2n) is 5.99. The van der Waals surface area contributed by atoms with Crippen molar-refractivity contribution in [3.8, 4) is 0 Å². The molecule has 4 nitrogen and oxygen atoms in total. The predicted molar refractivity (Wildman–Crippen MR) is 101 cm³/mol. The van der Waals surface area contributed by atoms with Crippen molar-refractivity contribution in [1.29, 1.82) is 0 Å². The van der Waals surface area contributed by atoms with Crippen LogP contribution >= 0.6 is 11.6 Å². The molecule has 2 rings (SSSR count). The standard InChI is InChI=1S/C20H22ClFN2O2/c1-14(20(26)23-2)24(12-11-15-7-4-3-5-8-15)19(25)13-16-17(21)9-6-10-18(16)22/h3-10,14H,11-13H2,1-2H3,(H,23,26)/t14-/m1/s1. The maximum absolute atomic E-state index is 14.0. The summed E-state index contributed by atoms with van der Waals surface area (Å²) >= 11 is 6.03. The van der Waals surface area contributed by atoms with Gasteiger partial charge in [0.15, 0.2) is 0 Å². The minimum atomic E-state index is -0.665. The van der Waals surface area contributed by atoms with Crippen LogP contribution in [0.1, 0.15) is 18.1 Å². The molecule has 2 aromatic carbocycles. The number of carbonyl (C=O) groups excluding carboxylic acids is 2. The first-order valence-corrected chi connectivity index (χ1v) is 8.79. The summed E-state index contributed by atoms with van der Waals surface area (Å²) < 4.78 is 14.0. The summed E-state index contributed by atoms with van der Waals surface area (Å²) in [6.07, 6.45) is 0.403. The Kier molecular flexibility index (Phi) is 7.16. The molecule has 0 saturated carbocycles. The fraction of sp³-hybridized carbons (Fsp3) is 0.300. The monoisotopic (exact) mass is 376 g/mol. The molecular formula is C20H22ClFN2O2. The number of amides is 2. The van der Waals surface area contributed by atoms with E-state index in [1.54, 1.807) is 13.0 Å². The average molecular weight is 377 g/mol. The predicted octanol–water partition coefficient (Wildman–Crippen LogP) is 3.23. The van der Waals surface area contributed by atoms with Crippen LogP contribution in [0, 0.1) is 5.82 Å². The van der Waals surface area contributed by atoms with Crippen molar-refractivity contribution in [3.63, 3.8) is 0 Å². The molecule has 0 aliphatic carbocycles. The molecule has 26 heavy (non-hydrogen) atoms. The lowest BCUT2D eigenvalue weighted by Gasteiger charge is -2.28. The number of nitrogens with zero attached hydrogens (tertiary/aromatic N) is 1. The van der Waals surface area contributed by atoms with Crippen molar-refractivity contribution >= 4 is 23.4 Å². The molecular weight excluding hydrogens is 355 g/mol. The smallest absolute Gasteiger partial charge is 0.242 e. The number of hydrogen-bond donors (Lipinski definition) is 1. The van der Waals surface area contributed by atoms with Gasteiger partial charge in [-0.3, -0.25) is 9.59 Å². The van der Waals surface area contributed by atoms with E-state index in [-0.39, 0.29) is 28.8 Å². The van der Waals surface area contributed by atoms with Crippen molar-refractivity contribution in [2.24, 2.45) is 0 Å². The van der Waals surface area contributed by atoms with Gasteiger partial charge in [-0.2, -0.15) is 0 Å². The first-order chi connectivity index (χ1) is 12.4.